The lowest BCUT2D eigenvalue weighted by atomic mass is 9.73. The highest BCUT2D eigenvalue weighted by atomic mass is 32.2. The Morgan fingerprint density at radius 2 is 2.00 bits per heavy atom. The van der Waals surface area contributed by atoms with Crippen molar-refractivity contribution in [3.63, 3.8) is 0 Å². The van der Waals surface area contributed by atoms with Gasteiger partial charge in [-0.1, -0.05) is 30.3 Å². The third-order valence-corrected chi connectivity index (χ3v) is 6.92. The summed E-state index contributed by atoms with van der Waals surface area (Å²) in [5, 5.41) is 9.89. The molecule has 0 bridgehead atoms. The molecular formula is C18H26N2O4S. The molecule has 2 saturated heterocycles. The van der Waals surface area contributed by atoms with E-state index in [2.05, 4.69) is 0 Å². The maximum atomic E-state index is 12.6. The molecule has 2 heterocycles. The summed E-state index contributed by atoms with van der Waals surface area (Å²) in [6.07, 6.45) is 3.02. The van der Waals surface area contributed by atoms with E-state index in [1.165, 1.54) is 10.6 Å². The first-order valence-corrected chi connectivity index (χ1v) is 10.6. The number of aliphatic hydroxyl groups is 1. The zero-order valence-corrected chi connectivity index (χ0v) is 15.4. The fraction of sp³-hybridized carbons (Fsp3) is 0.611. The van der Waals surface area contributed by atoms with E-state index >= 15 is 0 Å². The quantitative estimate of drug-likeness (QED) is 0.833. The summed E-state index contributed by atoms with van der Waals surface area (Å²) in [7, 11) is -3.27. The van der Waals surface area contributed by atoms with Gasteiger partial charge in [-0.05, 0) is 24.3 Å². The van der Waals surface area contributed by atoms with Crippen LogP contribution < -0.4 is 0 Å². The number of aliphatic hydroxyl groups excluding tert-OH is 1. The SMILES string of the molecule is CS(=O)(=O)N1C[C@H]2CN(C(=O)CCc3ccccc3)CC[C@@]2(CO)C1. The van der Waals surface area contributed by atoms with Crippen LogP contribution >= 0.6 is 0 Å². The highest BCUT2D eigenvalue weighted by Crippen LogP contribution is 2.43. The van der Waals surface area contributed by atoms with Crippen molar-refractivity contribution in [1.29, 1.82) is 0 Å². The lowest BCUT2D eigenvalue weighted by Gasteiger charge is -2.42. The third-order valence-electron chi connectivity index (χ3n) is 5.71. The summed E-state index contributed by atoms with van der Waals surface area (Å²) < 4.78 is 25.2. The molecule has 0 saturated carbocycles. The average Bonchev–Trinajstić information content (AvgIpc) is 3.00. The summed E-state index contributed by atoms with van der Waals surface area (Å²) in [6.45, 7) is 1.83. The molecule has 25 heavy (non-hydrogen) atoms. The number of fused-ring (bicyclic) bond motifs is 1. The van der Waals surface area contributed by atoms with Gasteiger partial charge in [-0.2, -0.15) is 0 Å². The first-order chi connectivity index (χ1) is 11.8. The number of hydrogen-bond acceptors (Lipinski definition) is 4. The second kappa shape index (κ2) is 7.05. The molecule has 0 unspecified atom stereocenters. The average molecular weight is 366 g/mol. The lowest BCUT2D eigenvalue weighted by Crippen LogP contribution is -2.50. The van der Waals surface area contributed by atoms with Crippen LogP contribution in [0.2, 0.25) is 0 Å². The van der Waals surface area contributed by atoms with Gasteiger partial charge >= 0.3 is 0 Å². The molecule has 1 amide bonds. The second-order valence-corrected chi connectivity index (χ2v) is 9.33. The fourth-order valence-electron chi connectivity index (χ4n) is 4.03. The zero-order valence-electron chi connectivity index (χ0n) is 14.6. The molecule has 0 aromatic heterocycles. The van der Waals surface area contributed by atoms with Gasteiger partial charge in [0.15, 0.2) is 0 Å². The maximum Gasteiger partial charge on any atom is 0.222 e. The summed E-state index contributed by atoms with van der Waals surface area (Å²) in [4.78, 5) is 14.4. The van der Waals surface area contributed by atoms with Crippen molar-refractivity contribution >= 4 is 15.9 Å². The molecule has 0 radical (unpaired) electrons. The largest absolute Gasteiger partial charge is 0.396 e. The smallest absolute Gasteiger partial charge is 0.222 e. The number of benzene rings is 1. The van der Waals surface area contributed by atoms with Gasteiger partial charge in [0.2, 0.25) is 15.9 Å². The predicted octanol–water partition coefficient (Wildman–Crippen LogP) is 0.722. The van der Waals surface area contributed by atoms with Crippen LogP contribution in [0.5, 0.6) is 0 Å². The Hall–Kier alpha value is -1.44. The normalized spacial score (nSPS) is 27.3. The van der Waals surface area contributed by atoms with E-state index in [1.807, 2.05) is 35.2 Å². The minimum atomic E-state index is -3.27. The van der Waals surface area contributed by atoms with E-state index in [9.17, 15) is 18.3 Å². The Morgan fingerprint density at radius 1 is 1.28 bits per heavy atom. The summed E-state index contributed by atoms with van der Waals surface area (Å²) >= 11 is 0. The van der Waals surface area contributed by atoms with Gasteiger partial charge in [0.1, 0.15) is 0 Å². The van der Waals surface area contributed by atoms with Crippen molar-refractivity contribution in [2.24, 2.45) is 11.3 Å². The van der Waals surface area contributed by atoms with Gasteiger partial charge in [0, 0.05) is 38.0 Å². The number of piperidine rings is 1. The van der Waals surface area contributed by atoms with Crippen LogP contribution in [-0.2, 0) is 21.2 Å². The molecule has 1 aromatic rings. The Labute approximate surface area is 149 Å². The van der Waals surface area contributed by atoms with Crippen LogP contribution in [0.4, 0.5) is 0 Å². The molecule has 0 aliphatic carbocycles. The molecule has 1 N–H and O–H groups in total. The van der Waals surface area contributed by atoms with Crippen LogP contribution in [0, 0.1) is 11.3 Å². The van der Waals surface area contributed by atoms with Gasteiger partial charge in [-0.15, -0.1) is 0 Å². The van der Waals surface area contributed by atoms with Crippen molar-refractivity contribution in [3.8, 4) is 0 Å². The van der Waals surface area contributed by atoms with Crippen LogP contribution in [0.25, 0.3) is 0 Å². The van der Waals surface area contributed by atoms with Crippen LogP contribution in [-0.4, -0.2) is 67.7 Å². The summed E-state index contributed by atoms with van der Waals surface area (Å²) in [6, 6.07) is 9.92. The first-order valence-electron chi connectivity index (χ1n) is 8.72. The fourth-order valence-corrected chi connectivity index (χ4v) is 4.97. The number of sulfonamides is 1. The molecule has 2 atom stereocenters. The maximum absolute atomic E-state index is 12.6. The molecule has 1 aromatic carbocycles. The monoisotopic (exact) mass is 366 g/mol. The first kappa shape index (κ1) is 18.4. The van der Waals surface area contributed by atoms with Crippen molar-refractivity contribution in [1.82, 2.24) is 9.21 Å². The molecule has 0 spiro atoms. The number of rotatable bonds is 5. The molecule has 2 fully saturated rings. The number of carbonyl (C=O) groups is 1. The van der Waals surface area contributed by atoms with E-state index in [-0.39, 0.29) is 18.4 Å². The Balaban J connectivity index is 1.62. The summed E-state index contributed by atoms with van der Waals surface area (Å²) in [5.41, 5.74) is 0.737. The minimum Gasteiger partial charge on any atom is -0.396 e. The Bertz CT molecular complexity index is 722. The molecular weight excluding hydrogens is 340 g/mol. The van der Waals surface area contributed by atoms with Gasteiger partial charge in [0.05, 0.1) is 12.9 Å². The van der Waals surface area contributed by atoms with Gasteiger partial charge in [0.25, 0.3) is 0 Å². The molecule has 138 valence electrons. The van der Waals surface area contributed by atoms with E-state index in [0.717, 1.165) is 5.56 Å². The molecule has 3 rings (SSSR count). The van der Waals surface area contributed by atoms with Crippen LogP contribution in [0.1, 0.15) is 18.4 Å². The number of hydrogen-bond donors (Lipinski definition) is 1. The second-order valence-electron chi connectivity index (χ2n) is 7.35. The molecule has 7 heteroatoms. The third kappa shape index (κ3) is 3.88. The van der Waals surface area contributed by atoms with E-state index in [4.69, 9.17) is 0 Å². The zero-order chi connectivity index (χ0) is 18.1. The molecule has 2 aliphatic heterocycles. The highest BCUT2D eigenvalue weighted by Gasteiger charge is 2.51. The van der Waals surface area contributed by atoms with E-state index in [1.54, 1.807) is 0 Å². The van der Waals surface area contributed by atoms with E-state index < -0.39 is 15.4 Å². The van der Waals surface area contributed by atoms with Crippen molar-refractivity contribution in [2.45, 2.75) is 19.3 Å². The van der Waals surface area contributed by atoms with Crippen LogP contribution in [0.15, 0.2) is 30.3 Å². The van der Waals surface area contributed by atoms with E-state index in [0.29, 0.717) is 45.4 Å². The van der Waals surface area contributed by atoms with Crippen molar-refractivity contribution in [3.05, 3.63) is 35.9 Å². The number of likely N-dealkylation sites (tertiary alicyclic amines) is 1. The van der Waals surface area contributed by atoms with Gasteiger partial charge in [-0.3, -0.25) is 4.79 Å². The van der Waals surface area contributed by atoms with Gasteiger partial charge in [-0.25, -0.2) is 12.7 Å². The minimum absolute atomic E-state index is 0.00153. The topological polar surface area (TPSA) is 77.9 Å². The number of amides is 1. The van der Waals surface area contributed by atoms with Crippen molar-refractivity contribution < 1.29 is 18.3 Å². The number of nitrogens with zero attached hydrogens (tertiary/aromatic N) is 2. The number of aryl methyl sites for hydroxylation is 1. The number of carbonyl (C=O) groups excluding carboxylic acids is 1. The Morgan fingerprint density at radius 3 is 2.64 bits per heavy atom. The molecule has 2 aliphatic rings. The summed E-state index contributed by atoms with van der Waals surface area (Å²) in [5.74, 6) is 0.106. The highest BCUT2D eigenvalue weighted by molar-refractivity contribution is 7.88. The van der Waals surface area contributed by atoms with Crippen LogP contribution in [0.3, 0.4) is 0 Å². The predicted molar refractivity (Wildman–Crippen MR) is 95.4 cm³/mol. The Kier molecular flexibility index (Phi) is 5.18. The standard InChI is InChI=1S/C18H26N2O4S/c1-25(23,24)20-12-16-11-19(10-9-18(16,13-20)14-21)17(22)8-7-15-5-3-2-4-6-15/h2-6,16,21H,7-14H2,1H3/t16-,18+/m1/s1. The lowest BCUT2D eigenvalue weighted by molar-refractivity contribution is -0.135. The van der Waals surface area contributed by atoms with Gasteiger partial charge < -0.3 is 10.0 Å². The van der Waals surface area contributed by atoms with Crippen molar-refractivity contribution in [2.75, 3.05) is 39.0 Å². The molecule has 6 nitrogen and oxygen atoms in total.